The number of hydrogen-bond acceptors (Lipinski definition) is 2. The highest BCUT2D eigenvalue weighted by atomic mass is 32.2. The molecule has 0 aliphatic carbocycles. The van der Waals surface area contributed by atoms with Crippen LogP contribution >= 0.6 is 11.8 Å². The summed E-state index contributed by atoms with van der Waals surface area (Å²) in [7, 11) is 0. The molecule has 0 aromatic rings. The Hall–Kier alpha value is -0.180. The Morgan fingerprint density at radius 2 is 1.64 bits per heavy atom. The molecule has 0 aromatic heterocycles. The second-order valence-electron chi connectivity index (χ2n) is 5.51. The Labute approximate surface area is 92.2 Å². The van der Waals surface area contributed by atoms with Crippen molar-refractivity contribution in [1.29, 1.82) is 0 Å². The fourth-order valence-electron chi connectivity index (χ4n) is 0.931. The molecule has 0 unspecified atom stereocenters. The molecule has 0 fully saturated rings. The molecule has 0 atom stereocenters. The van der Waals surface area contributed by atoms with Crippen LogP contribution in [0.3, 0.4) is 0 Å². The molecule has 0 heterocycles. The van der Waals surface area contributed by atoms with Crippen molar-refractivity contribution in [1.82, 2.24) is 5.32 Å². The summed E-state index contributed by atoms with van der Waals surface area (Å²) >= 11 is 1.83. The highest BCUT2D eigenvalue weighted by molar-refractivity contribution is 8.00. The summed E-state index contributed by atoms with van der Waals surface area (Å²) in [6.07, 6.45) is 0.610. The molecule has 0 radical (unpaired) electrons. The van der Waals surface area contributed by atoms with E-state index in [1.165, 1.54) is 0 Å². The first kappa shape index (κ1) is 13.8. The average molecular weight is 217 g/mol. The van der Waals surface area contributed by atoms with Crippen LogP contribution in [0.15, 0.2) is 0 Å². The van der Waals surface area contributed by atoms with Gasteiger partial charge in [-0.2, -0.15) is 11.8 Å². The number of amides is 1. The zero-order chi connectivity index (χ0) is 11.4. The molecule has 1 N–H and O–H groups in total. The first-order valence-corrected chi connectivity index (χ1v) is 6.04. The van der Waals surface area contributed by atoms with E-state index in [4.69, 9.17) is 0 Å². The summed E-state index contributed by atoms with van der Waals surface area (Å²) in [5.74, 6) is 1.04. The van der Waals surface area contributed by atoms with Crippen LogP contribution in [-0.4, -0.2) is 21.9 Å². The number of hydrogen-bond donors (Lipinski definition) is 1. The van der Waals surface area contributed by atoms with Gasteiger partial charge in [-0.05, 0) is 20.8 Å². The van der Waals surface area contributed by atoms with Crippen LogP contribution in [0.5, 0.6) is 0 Å². The van der Waals surface area contributed by atoms with Gasteiger partial charge in [0.2, 0.25) is 5.91 Å². The summed E-state index contributed by atoms with van der Waals surface area (Å²) in [5.41, 5.74) is -0.108. The largest absolute Gasteiger partial charge is 0.351 e. The van der Waals surface area contributed by atoms with Crippen LogP contribution in [0.4, 0.5) is 0 Å². The number of rotatable bonds is 3. The molecule has 0 spiro atoms. The van der Waals surface area contributed by atoms with Crippen molar-refractivity contribution in [2.24, 2.45) is 0 Å². The summed E-state index contributed by atoms with van der Waals surface area (Å²) < 4.78 is 0.252. The monoisotopic (exact) mass is 217 g/mol. The van der Waals surface area contributed by atoms with Crippen molar-refractivity contribution in [2.45, 2.75) is 58.2 Å². The first-order chi connectivity index (χ1) is 6.10. The second-order valence-corrected chi connectivity index (χ2v) is 7.43. The fraction of sp³-hybridized carbons (Fsp3) is 0.909. The smallest absolute Gasteiger partial charge is 0.221 e. The number of carbonyl (C=O) groups is 1. The van der Waals surface area contributed by atoms with E-state index in [1.54, 1.807) is 0 Å². The average Bonchev–Trinajstić information content (AvgIpc) is 1.78. The molecule has 0 saturated carbocycles. The minimum Gasteiger partial charge on any atom is -0.351 e. The van der Waals surface area contributed by atoms with Crippen LogP contribution in [-0.2, 0) is 4.79 Å². The molecule has 0 saturated heterocycles. The Morgan fingerprint density at radius 3 is 2.00 bits per heavy atom. The van der Waals surface area contributed by atoms with E-state index < -0.39 is 0 Å². The van der Waals surface area contributed by atoms with Crippen LogP contribution in [0.2, 0.25) is 0 Å². The first-order valence-electron chi connectivity index (χ1n) is 5.05. The van der Waals surface area contributed by atoms with Crippen molar-refractivity contribution in [3.63, 3.8) is 0 Å². The van der Waals surface area contributed by atoms with E-state index in [0.29, 0.717) is 6.42 Å². The fourth-order valence-corrected chi connectivity index (χ4v) is 1.83. The lowest BCUT2D eigenvalue weighted by molar-refractivity contribution is -0.122. The minimum atomic E-state index is -0.108. The van der Waals surface area contributed by atoms with E-state index in [2.05, 4.69) is 26.1 Å². The van der Waals surface area contributed by atoms with Crippen molar-refractivity contribution in [3.8, 4) is 0 Å². The van der Waals surface area contributed by atoms with Gasteiger partial charge < -0.3 is 5.32 Å². The van der Waals surface area contributed by atoms with Crippen LogP contribution < -0.4 is 5.32 Å². The Bertz CT molecular complexity index is 188. The standard InChI is InChI=1S/C11H23NOS/c1-10(2,3)12-9(13)7-8-14-11(4,5)6/h7-8H2,1-6H3,(H,12,13). The van der Waals surface area contributed by atoms with Crippen molar-refractivity contribution in [2.75, 3.05) is 5.75 Å². The molecule has 14 heavy (non-hydrogen) atoms. The van der Waals surface area contributed by atoms with Gasteiger partial charge in [0.25, 0.3) is 0 Å². The van der Waals surface area contributed by atoms with Crippen LogP contribution in [0.1, 0.15) is 48.0 Å². The number of nitrogens with one attached hydrogen (secondary N) is 1. The minimum absolute atomic E-state index is 0.108. The summed E-state index contributed by atoms with van der Waals surface area (Å²) in [5, 5.41) is 2.95. The molecule has 0 rings (SSSR count). The van der Waals surface area contributed by atoms with Gasteiger partial charge in [-0.3, -0.25) is 4.79 Å². The zero-order valence-electron chi connectivity index (χ0n) is 10.2. The predicted octanol–water partition coefficient (Wildman–Crippen LogP) is 2.82. The lowest BCUT2D eigenvalue weighted by Gasteiger charge is -2.21. The third kappa shape index (κ3) is 9.90. The normalized spacial score (nSPS) is 12.7. The lowest BCUT2D eigenvalue weighted by Crippen LogP contribution is -2.40. The zero-order valence-corrected chi connectivity index (χ0v) is 11.0. The molecule has 1 amide bonds. The molecular weight excluding hydrogens is 194 g/mol. The van der Waals surface area contributed by atoms with E-state index in [1.807, 2.05) is 32.5 Å². The highest BCUT2D eigenvalue weighted by Crippen LogP contribution is 2.23. The lowest BCUT2D eigenvalue weighted by atomic mass is 10.1. The topological polar surface area (TPSA) is 29.1 Å². The van der Waals surface area contributed by atoms with E-state index in [-0.39, 0.29) is 16.2 Å². The quantitative estimate of drug-likeness (QED) is 0.787. The molecule has 3 heteroatoms. The van der Waals surface area contributed by atoms with Gasteiger partial charge >= 0.3 is 0 Å². The SMILES string of the molecule is CC(C)(C)NC(=O)CCSC(C)(C)C. The van der Waals surface area contributed by atoms with E-state index in [0.717, 1.165) is 5.75 Å². The van der Waals surface area contributed by atoms with Crippen molar-refractivity contribution in [3.05, 3.63) is 0 Å². The van der Waals surface area contributed by atoms with Gasteiger partial charge in [0, 0.05) is 22.5 Å². The predicted molar refractivity (Wildman–Crippen MR) is 64.7 cm³/mol. The Balaban J connectivity index is 3.66. The second kappa shape index (κ2) is 5.06. The molecular formula is C11H23NOS. The third-order valence-electron chi connectivity index (χ3n) is 1.38. The van der Waals surface area contributed by atoms with Crippen LogP contribution in [0, 0.1) is 0 Å². The third-order valence-corrected chi connectivity index (χ3v) is 2.65. The Morgan fingerprint density at radius 1 is 1.14 bits per heavy atom. The van der Waals surface area contributed by atoms with Gasteiger partial charge in [0.1, 0.15) is 0 Å². The maximum absolute atomic E-state index is 11.4. The summed E-state index contributed by atoms with van der Waals surface area (Å²) in [4.78, 5) is 11.4. The maximum Gasteiger partial charge on any atom is 0.221 e. The molecule has 0 bridgehead atoms. The summed E-state index contributed by atoms with van der Waals surface area (Å²) in [6.45, 7) is 12.5. The van der Waals surface area contributed by atoms with E-state index in [9.17, 15) is 4.79 Å². The molecule has 0 aromatic carbocycles. The van der Waals surface area contributed by atoms with Gasteiger partial charge in [-0.1, -0.05) is 20.8 Å². The van der Waals surface area contributed by atoms with Crippen molar-refractivity contribution < 1.29 is 4.79 Å². The van der Waals surface area contributed by atoms with Gasteiger partial charge in [-0.15, -0.1) is 0 Å². The van der Waals surface area contributed by atoms with Crippen LogP contribution in [0.25, 0.3) is 0 Å². The molecule has 84 valence electrons. The summed E-state index contributed by atoms with van der Waals surface area (Å²) in [6, 6.07) is 0. The maximum atomic E-state index is 11.4. The molecule has 2 nitrogen and oxygen atoms in total. The molecule has 0 aliphatic heterocycles. The Kier molecular flexibility index (Phi) is 4.99. The number of carbonyl (C=O) groups excluding carboxylic acids is 1. The van der Waals surface area contributed by atoms with Gasteiger partial charge in [0.05, 0.1) is 0 Å². The number of thioether (sulfide) groups is 1. The van der Waals surface area contributed by atoms with Gasteiger partial charge in [0.15, 0.2) is 0 Å². The van der Waals surface area contributed by atoms with Gasteiger partial charge in [-0.25, -0.2) is 0 Å². The van der Waals surface area contributed by atoms with E-state index >= 15 is 0 Å². The molecule has 0 aliphatic rings. The van der Waals surface area contributed by atoms with Crippen molar-refractivity contribution >= 4 is 17.7 Å². The highest BCUT2D eigenvalue weighted by Gasteiger charge is 2.15.